The van der Waals surface area contributed by atoms with Crippen molar-refractivity contribution in [3.63, 3.8) is 0 Å². The fourth-order valence-corrected chi connectivity index (χ4v) is 4.28. The van der Waals surface area contributed by atoms with Crippen molar-refractivity contribution in [3.05, 3.63) is 23.9 Å². The van der Waals surface area contributed by atoms with Crippen LogP contribution in [0.15, 0.2) is 18.3 Å². The molecule has 1 aromatic rings. The standard InChI is InChI=1S/C20H30N4O2/c1-15(2)7-12-23-13-20(9-6-17(23)25)8-4-11-24(14-20)19-16(18(21)26)5-3-10-22-19/h3,5,10,15H,4,6-9,11-14H2,1-2H3,(H2,21,26). The molecular formula is C20H30N4O2. The van der Waals surface area contributed by atoms with Crippen molar-refractivity contribution in [3.8, 4) is 0 Å². The van der Waals surface area contributed by atoms with E-state index in [1.165, 1.54) is 0 Å². The second-order valence-electron chi connectivity index (χ2n) is 8.26. The first-order valence-electron chi connectivity index (χ1n) is 9.68. The Morgan fingerprint density at radius 1 is 1.35 bits per heavy atom. The first-order chi connectivity index (χ1) is 12.4. The van der Waals surface area contributed by atoms with Gasteiger partial charge < -0.3 is 15.5 Å². The minimum atomic E-state index is -0.440. The van der Waals surface area contributed by atoms with E-state index in [2.05, 4.69) is 28.6 Å². The van der Waals surface area contributed by atoms with Gasteiger partial charge in [0.25, 0.3) is 5.91 Å². The van der Waals surface area contributed by atoms with Crippen LogP contribution in [0, 0.1) is 11.3 Å². The Morgan fingerprint density at radius 2 is 2.15 bits per heavy atom. The summed E-state index contributed by atoms with van der Waals surface area (Å²) in [5.41, 5.74) is 6.11. The molecule has 2 amide bonds. The Bertz CT molecular complexity index is 676. The van der Waals surface area contributed by atoms with Crippen LogP contribution < -0.4 is 10.6 Å². The molecule has 2 N–H and O–H groups in total. The number of rotatable bonds is 5. The first kappa shape index (κ1) is 18.7. The number of hydrogen-bond acceptors (Lipinski definition) is 4. The molecular weight excluding hydrogens is 328 g/mol. The molecule has 0 radical (unpaired) electrons. The number of nitrogens with zero attached hydrogens (tertiary/aromatic N) is 3. The molecule has 2 saturated heterocycles. The maximum Gasteiger partial charge on any atom is 0.252 e. The third-order valence-corrected chi connectivity index (χ3v) is 5.74. The van der Waals surface area contributed by atoms with Crippen molar-refractivity contribution >= 4 is 17.6 Å². The lowest BCUT2D eigenvalue weighted by molar-refractivity contribution is -0.138. The van der Waals surface area contributed by atoms with Crippen molar-refractivity contribution < 1.29 is 9.59 Å². The summed E-state index contributed by atoms with van der Waals surface area (Å²) >= 11 is 0. The van der Waals surface area contributed by atoms with Gasteiger partial charge >= 0.3 is 0 Å². The largest absolute Gasteiger partial charge is 0.365 e. The molecule has 142 valence electrons. The second-order valence-corrected chi connectivity index (χ2v) is 8.26. The number of anilines is 1. The Kier molecular flexibility index (Phi) is 5.49. The van der Waals surface area contributed by atoms with Crippen LogP contribution in [0.25, 0.3) is 0 Å². The number of hydrogen-bond donors (Lipinski definition) is 1. The highest BCUT2D eigenvalue weighted by Gasteiger charge is 2.42. The summed E-state index contributed by atoms with van der Waals surface area (Å²) < 4.78 is 0. The van der Waals surface area contributed by atoms with Crippen LogP contribution in [-0.2, 0) is 4.79 Å². The molecule has 2 fully saturated rings. The van der Waals surface area contributed by atoms with Crippen LogP contribution in [0.3, 0.4) is 0 Å². The van der Waals surface area contributed by atoms with Crippen molar-refractivity contribution in [2.75, 3.05) is 31.1 Å². The van der Waals surface area contributed by atoms with Gasteiger partial charge in [-0.25, -0.2) is 4.98 Å². The first-order valence-corrected chi connectivity index (χ1v) is 9.68. The molecule has 26 heavy (non-hydrogen) atoms. The molecule has 0 saturated carbocycles. The fourth-order valence-electron chi connectivity index (χ4n) is 4.28. The van der Waals surface area contributed by atoms with Crippen LogP contribution >= 0.6 is 0 Å². The average molecular weight is 358 g/mol. The van der Waals surface area contributed by atoms with E-state index in [0.29, 0.717) is 23.7 Å². The molecule has 0 aromatic carbocycles. The van der Waals surface area contributed by atoms with Crippen LogP contribution in [0.2, 0.25) is 0 Å². The van der Waals surface area contributed by atoms with Crippen molar-refractivity contribution in [1.29, 1.82) is 0 Å². The molecule has 2 aliphatic rings. The molecule has 3 rings (SSSR count). The SMILES string of the molecule is CC(C)CCN1CC2(CCCN(c3ncccc3C(N)=O)C2)CCC1=O. The molecule has 1 atom stereocenters. The van der Waals surface area contributed by atoms with Gasteiger partial charge in [0.2, 0.25) is 5.91 Å². The number of piperidine rings is 2. The Morgan fingerprint density at radius 3 is 2.88 bits per heavy atom. The van der Waals surface area contributed by atoms with Crippen LogP contribution in [0.1, 0.15) is 56.3 Å². The molecule has 1 spiro atoms. The summed E-state index contributed by atoms with van der Waals surface area (Å²) in [6, 6.07) is 3.49. The highest BCUT2D eigenvalue weighted by atomic mass is 16.2. The number of carbonyl (C=O) groups excluding carboxylic acids is 2. The Hall–Kier alpha value is -2.11. The monoisotopic (exact) mass is 358 g/mol. The van der Waals surface area contributed by atoms with Crippen molar-refractivity contribution in [1.82, 2.24) is 9.88 Å². The average Bonchev–Trinajstić information content (AvgIpc) is 2.63. The molecule has 1 unspecified atom stereocenters. The lowest BCUT2D eigenvalue weighted by atomic mass is 9.73. The number of nitrogens with two attached hydrogens (primary N) is 1. The topological polar surface area (TPSA) is 79.5 Å². The van der Waals surface area contributed by atoms with Gasteiger partial charge in [0.05, 0.1) is 5.56 Å². The number of amides is 2. The number of primary amides is 1. The molecule has 2 aliphatic heterocycles. The third-order valence-electron chi connectivity index (χ3n) is 5.74. The van der Waals surface area contributed by atoms with E-state index in [1.54, 1.807) is 18.3 Å². The van der Waals surface area contributed by atoms with Crippen LogP contribution in [0.5, 0.6) is 0 Å². The second kappa shape index (κ2) is 7.64. The summed E-state index contributed by atoms with van der Waals surface area (Å²) in [5.74, 6) is 1.12. The van der Waals surface area contributed by atoms with Crippen molar-refractivity contribution in [2.45, 2.75) is 46.0 Å². The molecule has 0 aliphatic carbocycles. The number of likely N-dealkylation sites (tertiary alicyclic amines) is 1. The molecule has 3 heterocycles. The van der Waals surface area contributed by atoms with E-state index in [4.69, 9.17) is 5.73 Å². The molecule has 6 heteroatoms. The van der Waals surface area contributed by atoms with Crippen LogP contribution in [0.4, 0.5) is 5.82 Å². The minimum Gasteiger partial charge on any atom is -0.365 e. The maximum absolute atomic E-state index is 12.4. The van der Waals surface area contributed by atoms with Gasteiger partial charge in [-0.1, -0.05) is 13.8 Å². The summed E-state index contributed by atoms with van der Waals surface area (Å²) in [5, 5.41) is 0. The Labute approximate surface area is 155 Å². The smallest absolute Gasteiger partial charge is 0.252 e. The number of aromatic nitrogens is 1. The zero-order valence-corrected chi connectivity index (χ0v) is 15.9. The van der Waals surface area contributed by atoms with E-state index < -0.39 is 5.91 Å². The van der Waals surface area contributed by atoms with Crippen molar-refractivity contribution in [2.24, 2.45) is 17.1 Å². The van der Waals surface area contributed by atoms with Gasteiger partial charge in [-0.05, 0) is 43.7 Å². The zero-order chi connectivity index (χ0) is 18.7. The van der Waals surface area contributed by atoms with E-state index in [-0.39, 0.29) is 11.3 Å². The summed E-state index contributed by atoms with van der Waals surface area (Å²) in [4.78, 5) is 32.8. The van der Waals surface area contributed by atoms with Gasteiger partial charge in [-0.15, -0.1) is 0 Å². The highest BCUT2D eigenvalue weighted by molar-refractivity contribution is 5.97. The fraction of sp³-hybridized carbons (Fsp3) is 0.650. The van der Waals surface area contributed by atoms with E-state index >= 15 is 0 Å². The van der Waals surface area contributed by atoms with Gasteiger partial charge in [0.15, 0.2) is 0 Å². The lowest BCUT2D eigenvalue weighted by Gasteiger charge is -2.48. The summed E-state index contributed by atoms with van der Waals surface area (Å²) in [7, 11) is 0. The lowest BCUT2D eigenvalue weighted by Crippen LogP contribution is -2.54. The molecule has 6 nitrogen and oxygen atoms in total. The maximum atomic E-state index is 12.4. The number of pyridine rings is 1. The third kappa shape index (κ3) is 4.00. The van der Waals surface area contributed by atoms with E-state index in [1.807, 2.05) is 0 Å². The molecule has 1 aromatic heterocycles. The zero-order valence-electron chi connectivity index (χ0n) is 15.9. The summed E-state index contributed by atoms with van der Waals surface area (Å²) in [6.07, 6.45) is 6.45. The van der Waals surface area contributed by atoms with Gasteiger partial charge in [-0.2, -0.15) is 0 Å². The quantitative estimate of drug-likeness (QED) is 0.877. The minimum absolute atomic E-state index is 0.0928. The van der Waals surface area contributed by atoms with Gasteiger partial charge in [-0.3, -0.25) is 9.59 Å². The predicted octanol–water partition coefficient (Wildman–Crippen LogP) is 2.44. The summed E-state index contributed by atoms with van der Waals surface area (Å²) in [6.45, 7) is 7.74. The van der Waals surface area contributed by atoms with E-state index in [0.717, 1.165) is 51.9 Å². The number of carbonyl (C=O) groups is 2. The van der Waals surface area contributed by atoms with Gasteiger partial charge in [0.1, 0.15) is 5.82 Å². The predicted molar refractivity (Wildman–Crippen MR) is 102 cm³/mol. The highest BCUT2D eigenvalue weighted by Crippen LogP contribution is 2.40. The van der Waals surface area contributed by atoms with Crippen LogP contribution in [-0.4, -0.2) is 47.9 Å². The Balaban J connectivity index is 1.77. The normalized spacial score (nSPS) is 23.7. The molecule has 0 bridgehead atoms. The van der Waals surface area contributed by atoms with E-state index in [9.17, 15) is 9.59 Å². The van der Waals surface area contributed by atoms with Gasteiger partial charge in [0, 0.05) is 44.2 Å².